The maximum atomic E-state index is 6.42. The van der Waals surface area contributed by atoms with E-state index in [4.69, 9.17) is 23.8 Å². The van der Waals surface area contributed by atoms with Crippen molar-refractivity contribution in [2.24, 2.45) is 5.92 Å². The molecular weight excluding hydrogens is 482 g/mol. The number of para-hydroxylation sites is 3. The fourth-order valence-electron chi connectivity index (χ4n) is 5.69. The Labute approximate surface area is 224 Å². The van der Waals surface area contributed by atoms with Crippen molar-refractivity contribution in [1.29, 1.82) is 0 Å². The maximum absolute atomic E-state index is 6.42. The van der Waals surface area contributed by atoms with E-state index in [1.807, 2.05) is 72.8 Å². The minimum atomic E-state index is 0.313. The van der Waals surface area contributed by atoms with E-state index >= 15 is 0 Å². The average molecular weight is 506 g/mol. The lowest BCUT2D eigenvalue weighted by Crippen LogP contribution is -2.10. The summed E-state index contributed by atoms with van der Waals surface area (Å²) >= 11 is 0. The third-order valence-corrected chi connectivity index (χ3v) is 7.47. The normalized spacial score (nSPS) is 15.1. The van der Waals surface area contributed by atoms with Crippen LogP contribution < -0.4 is 0 Å². The fraction of sp³-hybridized carbons (Fsp3) is 0.0882. The Kier molecular flexibility index (Phi) is 4.79. The molecule has 0 N–H and O–H groups in total. The van der Waals surface area contributed by atoms with Crippen molar-refractivity contribution in [3.8, 4) is 22.8 Å². The van der Waals surface area contributed by atoms with E-state index in [-0.39, 0.29) is 0 Å². The number of hydrogen-bond acceptors (Lipinski definition) is 5. The lowest BCUT2D eigenvalue weighted by atomic mass is 9.88. The molecule has 39 heavy (non-hydrogen) atoms. The number of allylic oxidation sites excluding steroid dienone is 1. The SMILES string of the molecule is CC1C=C(c2nc(-c3ccccc3)nc(-c3cccc4c3oc3ccccc34)n2)c2oc3ccccc3c2C1. The lowest BCUT2D eigenvalue weighted by Gasteiger charge is -2.18. The van der Waals surface area contributed by atoms with Crippen LogP contribution in [0.15, 0.2) is 112 Å². The first-order chi connectivity index (χ1) is 19.2. The molecule has 1 aliphatic carbocycles. The highest BCUT2D eigenvalue weighted by atomic mass is 16.3. The van der Waals surface area contributed by atoms with Gasteiger partial charge < -0.3 is 8.83 Å². The Morgan fingerprint density at radius 1 is 0.615 bits per heavy atom. The smallest absolute Gasteiger partial charge is 0.167 e. The number of rotatable bonds is 3. The summed E-state index contributed by atoms with van der Waals surface area (Å²) < 4.78 is 12.8. The highest BCUT2D eigenvalue weighted by Crippen LogP contribution is 2.40. The van der Waals surface area contributed by atoms with Crippen LogP contribution in [-0.2, 0) is 6.42 Å². The van der Waals surface area contributed by atoms with E-state index < -0.39 is 0 Å². The molecule has 5 nitrogen and oxygen atoms in total. The molecule has 186 valence electrons. The van der Waals surface area contributed by atoms with Crippen molar-refractivity contribution in [3.05, 3.63) is 120 Å². The molecule has 5 heteroatoms. The molecule has 0 saturated heterocycles. The van der Waals surface area contributed by atoms with Gasteiger partial charge in [-0.2, -0.15) is 0 Å². The summed E-state index contributed by atoms with van der Waals surface area (Å²) in [5.41, 5.74) is 6.36. The minimum absolute atomic E-state index is 0.313. The molecule has 0 radical (unpaired) electrons. The maximum Gasteiger partial charge on any atom is 0.167 e. The summed E-state index contributed by atoms with van der Waals surface area (Å²) in [5, 5.41) is 3.26. The minimum Gasteiger partial charge on any atom is -0.456 e. The topological polar surface area (TPSA) is 65.0 Å². The van der Waals surface area contributed by atoms with E-state index in [1.165, 1.54) is 5.56 Å². The molecule has 3 aromatic heterocycles. The Morgan fingerprint density at radius 3 is 2.13 bits per heavy atom. The zero-order valence-corrected chi connectivity index (χ0v) is 21.3. The Bertz CT molecular complexity index is 2070. The molecular formula is C34H23N3O2. The van der Waals surface area contributed by atoms with Crippen molar-refractivity contribution in [3.63, 3.8) is 0 Å². The van der Waals surface area contributed by atoms with Crippen molar-refractivity contribution in [1.82, 2.24) is 15.0 Å². The van der Waals surface area contributed by atoms with Gasteiger partial charge in [0.15, 0.2) is 17.5 Å². The van der Waals surface area contributed by atoms with E-state index in [2.05, 4.69) is 37.3 Å². The fourth-order valence-corrected chi connectivity index (χ4v) is 5.69. The molecule has 1 aliphatic rings. The van der Waals surface area contributed by atoms with Gasteiger partial charge in [-0.25, -0.2) is 15.0 Å². The van der Waals surface area contributed by atoms with Crippen molar-refractivity contribution in [2.75, 3.05) is 0 Å². The van der Waals surface area contributed by atoms with Crippen LogP contribution in [-0.4, -0.2) is 15.0 Å². The van der Waals surface area contributed by atoms with Gasteiger partial charge in [0.2, 0.25) is 0 Å². The first kappa shape index (κ1) is 22.0. The summed E-state index contributed by atoms with van der Waals surface area (Å²) in [5.74, 6) is 2.93. The summed E-state index contributed by atoms with van der Waals surface area (Å²) in [6, 6.07) is 32.5. The number of aromatic nitrogens is 3. The van der Waals surface area contributed by atoms with Crippen LogP contribution in [0, 0.1) is 5.92 Å². The van der Waals surface area contributed by atoms with E-state index in [0.717, 1.165) is 61.8 Å². The van der Waals surface area contributed by atoms with Crippen LogP contribution in [0.2, 0.25) is 0 Å². The molecule has 4 aromatic carbocycles. The first-order valence-corrected chi connectivity index (χ1v) is 13.2. The molecule has 0 bridgehead atoms. The standard InChI is InChI=1S/C34H23N3O2/c1-20-18-26-23-13-6-8-17-29(23)39-31(26)27(19-20)34-36-32(21-10-3-2-4-11-21)35-33(37-34)25-15-9-14-24-22-12-5-7-16-28(22)38-30(24)25/h2-17,19-20H,18H2,1H3. The molecule has 8 rings (SSSR count). The summed E-state index contributed by atoms with van der Waals surface area (Å²) in [6.07, 6.45) is 3.14. The second-order valence-electron chi connectivity index (χ2n) is 10.1. The number of benzene rings is 4. The van der Waals surface area contributed by atoms with Crippen molar-refractivity contribution < 1.29 is 8.83 Å². The number of hydrogen-bond donors (Lipinski definition) is 0. The molecule has 0 spiro atoms. The second kappa shape index (κ2) is 8.50. The van der Waals surface area contributed by atoms with Gasteiger partial charge in [-0.15, -0.1) is 0 Å². The zero-order valence-electron chi connectivity index (χ0n) is 21.3. The summed E-state index contributed by atoms with van der Waals surface area (Å²) in [7, 11) is 0. The van der Waals surface area contributed by atoms with Crippen molar-refractivity contribution >= 4 is 38.5 Å². The molecule has 1 atom stereocenters. The zero-order chi connectivity index (χ0) is 25.9. The van der Waals surface area contributed by atoms with Gasteiger partial charge in [-0.1, -0.05) is 91.9 Å². The van der Waals surface area contributed by atoms with E-state index in [0.29, 0.717) is 23.4 Å². The second-order valence-corrected chi connectivity index (χ2v) is 10.1. The number of furan rings is 2. The quantitative estimate of drug-likeness (QED) is 0.241. The van der Waals surface area contributed by atoms with Crippen LogP contribution in [0.4, 0.5) is 0 Å². The van der Waals surface area contributed by atoms with Gasteiger partial charge in [0.1, 0.15) is 22.5 Å². The molecule has 0 aliphatic heterocycles. The first-order valence-electron chi connectivity index (χ1n) is 13.2. The van der Waals surface area contributed by atoms with Gasteiger partial charge in [0, 0.05) is 27.3 Å². The molecule has 0 saturated carbocycles. The lowest BCUT2D eigenvalue weighted by molar-refractivity contribution is 0.577. The van der Waals surface area contributed by atoms with E-state index in [1.54, 1.807) is 0 Å². The Hall–Kier alpha value is -5.03. The van der Waals surface area contributed by atoms with Crippen LogP contribution in [0.1, 0.15) is 24.1 Å². The van der Waals surface area contributed by atoms with Gasteiger partial charge in [0.05, 0.1) is 11.1 Å². The molecule has 0 fully saturated rings. The molecule has 1 unspecified atom stereocenters. The predicted molar refractivity (Wildman–Crippen MR) is 154 cm³/mol. The predicted octanol–water partition coefficient (Wildman–Crippen LogP) is 8.48. The monoisotopic (exact) mass is 505 g/mol. The van der Waals surface area contributed by atoms with Crippen LogP contribution in [0.5, 0.6) is 0 Å². The van der Waals surface area contributed by atoms with Crippen LogP contribution in [0.3, 0.4) is 0 Å². The Morgan fingerprint density at radius 2 is 1.28 bits per heavy atom. The average Bonchev–Trinajstić information content (AvgIpc) is 3.55. The number of fused-ring (bicyclic) bond motifs is 6. The molecule has 3 heterocycles. The van der Waals surface area contributed by atoms with E-state index in [9.17, 15) is 0 Å². The van der Waals surface area contributed by atoms with Crippen LogP contribution >= 0.6 is 0 Å². The molecule has 0 amide bonds. The van der Waals surface area contributed by atoms with Gasteiger partial charge in [-0.3, -0.25) is 0 Å². The third kappa shape index (κ3) is 3.51. The van der Waals surface area contributed by atoms with Gasteiger partial charge >= 0.3 is 0 Å². The Balaban J connectivity index is 1.39. The summed E-state index contributed by atoms with van der Waals surface area (Å²) in [4.78, 5) is 15.0. The van der Waals surface area contributed by atoms with Crippen LogP contribution in [0.25, 0.3) is 61.3 Å². The highest BCUT2D eigenvalue weighted by Gasteiger charge is 2.27. The van der Waals surface area contributed by atoms with Gasteiger partial charge in [0.25, 0.3) is 0 Å². The largest absolute Gasteiger partial charge is 0.456 e. The van der Waals surface area contributed by atoms with Crippen molar-refractivity contribution in [2.45, 2.75) is 13.3 Å². The third-order valence-electron chi connectivity index (χ3n) is 7.47. The van der Waals surface area contributed by atoms with Gasteiger partial charge in [-0.05, 0) is 30.5 Å². The summed E-state index contributed by atoms with van der Waals surface area (Å²) in [6.45, 7) is 2.22. The number of nitrogens with zero attached hydrogens (tertiary/aromatic N) is 3. The molecule has 7 aromatic rings. The highest BCUT2D eigenvalue weighted by molar-refractivity contribution is 6.09.